The molecule has 0 aliphatic carbocycles. The van der Waals surface area contributed by atoms with Crippen LogP contribution in [-0.2, 0) is 0 Å². The third-order valence-corrected chi connectivity index (χ3v) is 1.43. The molecule has 0 amide bonds. The molecule has 0 bridgehead atoms. The first-order chi connectivity index (χ1) is 5.77. The number of rotatable bonds is 1. The number of nitrogens with zero attached hydrogens (tertiary/aromatic N) is 3. The summed E-state index contributed by atoms with van der Waals surface area (Å²) in [4.78, 5) is 9.76. The molecule has 59 valence electrons. The third-order valence-electron chi connectivity index (χ3n) is 1.43. The van der Waals surface area contributed by atoms with Crippen LogP contribution in [0.3, 0.4) is 0 Å². The molecule has 0 fully saturated rings. The molecule has 2 rings (SSSR count). The number of fused-ring (bicyclic) bond motifs is 1. The van der Waals surface area contributed by atoms with Gasteiger partial charge in [-0.15, -0.1) is 5.10 Å². The van der Waals surface area contributed by atoms with Crippen LogP contribution in [0.4, 0.5) is 5.69 Å². The van der Waals surface area contributed by atoms with Gasteiger partial charge in [-0.25, -0.2) is 0 Å². The van der Waals surface area contributed by atoms with Crippen molar-refractivity contribution in [3.63, 3.8) is 0 Å². The summed E-state index contributed by atoms with van der Waals surface area (Å²) in [5.41, 5.74) is 0.918. The van der Waals surface area contributed by atoms with Crippen LogP contribution in [0.25, 0.3) is 11.0 Å². The first-order valence-electron chi connectivity index (χ1n) is 3.15. The van der Waals surface area contributed by atoms with Crippen molar-refractivity contribution in [2.24, 2.45) is 0 Å². The molecule has 6 heteroatoms. The van der Waals surface area contributed by atoms with E-state index >= 15 is 0 Å². The molecule has 1 aromatic heterocycles. The van der Waals surface area contributed by atoms with E-state index in [1.54, 1.807) is 6.07 Å². The highest BCUT2D eigenvalue weighted by Crippen LogP contribution is 2.15. The zero-order valence-electron chi connectivity index (χ0n) is 5.81. The molecule has 12 heavy (non-hydrogen) atoms. The first kappa shape index (κ1) is 6.71. The molecule has 2 aromatic rings. The van der Waals surface area contributed by atoms with E-state index < -0.39 is 4.92 Å². The SMILES string of the molecule is O=[N+]([O-])c1[c]c2nn[nH]c2cc1. The third kappa shape index (κ3) is 0.895. The van der Waals surface area contributed by atoms with E-state index in [4.69, 9.17) is 0 Å². The van der Waals surface area contributed by atoms with Gasteiger partial charge < -0.3 is 0 Å². The van der Waals surface area contributed by atoms with Crippen molar-refractivity contribution < 1.29 is 4.92 Å². The summed E-state index contributed by atoms with van der Waals surface area (Å²) in [7, 11) is 0. The molecule has 0 atom stereocenters. The monoisotopic (exact) mass is 163 g/mol. The molecular weight excluding hydrogens is 160 g/mol. The Kier molecular flexibility index (Phi) is 1.26. The lowest BCUT2D eigenvalue weighted by Gasteiger charge is -1.87. The molecule has 0 saturated carbocycles. The van der Waals surface area contributed by atoms with E-state index in [-0.39, 0.29) is 5.69 Å². The molecule has 0 aliphatic rings. The lowest BCUT2D eigenvalue weighted by molar-refractivity contribution is -0.385. The van der Waals surface area contributed by atoms with Crippen molar-refractivity contribution in [2.75, 3.05) is 0 Å². The van der Waals surface area contributed by atoms with Crippen LogP contribution < -0.4 is 0 Å². The Hall–Kier alpha value is -1.98. The summed E-state index contributed by atoms with van der Waals surface area (Å²) in [5, 5.41) is 19.9. The van der Waals surface area contributed by atoms with Gasteiger partial charge in [-0.2, -0.15) is 0 Å². The van der Waals surface area contributed by atoms with Gasteiger partial charge in [0.1, 0.15) is 5.52 Å². The zero-order chi connectivity index (χ0) is 8.55. The second-order valence-corrected chi connectivity index (χ2v) is 2.17. The highest BCUT2D eigenvalue weighted by atomic mass is 16.6. The summed E-state index contributed by atoms with van der Waals surface area (Å²) in [6.07, 6.45) is 0. The number of non-ortho nitro benzene ring substituents is 1. The van der Waals surface area contributed by atoms with Crippen molar-refractivity contribution in [1.82, 2.24) is 15.4 Å². The van der Waals surface area contributed by atoms with E-state index in [1.165, 1.54) is 6.07 Å². The number of nitro benzene ring substituents is 1. The predicted molar refractivity (Wildman–Crippen MR) is 39.4 cm³/mol. The van der Waals surface area contributed by atoms with Crippen LogP contribution in [0.5, 0.6) is 0 Å². The average Bonchev–Trinajstić information content (AvgIpc) is 2.49. The lowest BCUT2D eigenvalue weighted by atomic mass is 10.3. The number of hydrogen-bond donors (Lipinski definition) is 1. The van der Waals surface area contributed by atoms with Crippen molar-refractivity contribution in [3.05, 3.63) is 28.3 Å². The van der Waals surface area contributed by atoms with Crippen molar-refractivity contribution in [3.8, 4) is 0 Å². The maximum absolute atomic E-state index is 10.3. The second kappa shape index (κ2) is 2.26. The first-order valence-corrected chi connectivity index (χ1v) is 3.15. The van der Waals surface area contributed by atoms with Gasteiger partial charge in [0, 0.05) is 6.07 Å². The number of nitro groups is 1. The second-order valence-electron chi connectivity index (χ2n) is 2.17. The van der Waals surface area contributed by atoms with Crippen molar-refractivity contribution in [1.29, 1.82) is 0 Å². The van der Waals surface area contributed by atoms with Gasteiger partial charge in [-0.05, 0) is 6.07 Å². The molecule has 1 heterocycles. The highest BCUT2D eigenvalue weighted by molar-refractivity contribution is 5.75. The Morgan fingerprint density at radius 3 is 3.17 bits per heavy atom. The summed E-state index contributed by atoms with van der Waals surface area (Å²) >= 11 is 0. The highest BCUT2D eigenvalue weighted by Gasteiger charge is 2.07. The summed E-state index contributed by atoms with van der Waals surface area (Å²) in [6, 6.07) is 5.40. The topological polar surface area (TPSA) is 84.7 Å². The van der Waals surface area contributed by atoms with Crippen LogP contribution in [0.15, 0.2) is 12.1 Å². The molecule has 0 unspecified atom stereocenters. The molecule has 0 saturated heterocycles. The van der Waals surface area contributed by atoms with Gasteiger partial charge >= 0.3 is 0 Å². The molecule has 1 radical (unpaired) electrons. The fourth-order valence-electron chi connectivity index (χ4n) is 0.876. The van der Waals surface area contributed by atoms with Gasteiger partial charge in [0.05, 0.1) is 16.5 Å². The normalized spacial score (nSPS) is 10.3. The summed E-state index contributed by atoms with van der Waals surface area (Å²) in [5.74, 6) is 0. The minimum absolute atomic E-state index is 0.101. The van der Waals surface area contributed by atoms with E-state index in [0.717, 1.165) is 0 Å². The molecule has 0 aliphatic heterocycles. The Bertz CT molecular complexity index is 436. The fourth-order valence-corrected chi connectivity index (χ4v) is 0.876. The largest absolute Gasteiger partial charge is 0.279 e. The fraction of sp³-hybridized carbons (Fsp3) is 0. The van der Waals surface area contributed by atoms with Gasteiger partial charge in [0.15, 0.2) is 0 Å². The maximum Gasteiger partial charge on any atom is 0.279 e. The standard InChI is InChI=1S/C6H3N4O2/c11-10(12)4-1-2-5-6(3-4)8-9-7-5/h1-2H,(H,7,8,9). The molecular formula is C6H3N4O2. The van der Waals surface area contributed by atoms with Crippen molar-refractivity contribution >= 4 is 16.7 Å². The Morgan fingerprint density at radius 2 is 2.42 bits per heavy atom. The van der Waals surface area contributed by atoms with Crippen LogP contribution in [0.1, 0.15) is 0 Å². The van der Waals surface area contributed by atoms with Gasteiger partial charge in [-0.3, -0.25) is 15.2 Å². The van der Waals surface area contributed by atoms with E-state index in [0.29, 0.717) is 11.0 Å². The summed E-state index contributed by atoms with van der Waals surface area (Å²) in [6.45, 7) is 0. The lowest BCUT2D eigenvalue weighted by Crippen LogP contribution is -1.87. The molecule has 0 spiro atoms. The van der Waals surface area contributed by atoms with Crippen LogP contribution in [0, 0.1) is 16.2 Å². The smallest absolute Gasteiger partial charge is 0.258 e. The number of benzene rings is 1. The molecule has 1 aromatic carbocycles. The molecule has 6 nitrogen and oxygen atoms in total. The van der Waals surface area contributed by atoms with Crippen molar-refractivity contribution in [2.45, 2.75) is 0 Å². The number of aromatic amines is 1. The Morgan fingerprint density at radius 1 is 1.58 bits per heavy atom. The van der Waals surface area contributed by atoms with E-state index in [1.807, 2.05) is 0 Å². The Labute approximate surface area is 66.4 Å². The summed E-state index contributed by atoms with van der Waals surface area (Å²) < 4.78 is 0. The van der Waals surface area contributed by atoms with Gasteiger partial charge in [0.2, 0.25) is 0 Å². The van der Waals surface area contributed by atoms with Crippen LogP contribution >= 0.6 is 0 Å². The van der Waals surface area contributed by atoms with Crippen LogP contribution in [-0.4, -0.2) is 20.3 Å². The zero-order valence-corrected chi connectivity index (χ0v) is 5.81. The van der Waals surface area contributed by atoms with E-state index in [9.17, 15) is 10.1 Å². The number of H-pyrrole nitrogens is 1. The number of aromatic nitrogens is 3. The Balaban J connectivity index is 2.68. The van der Waals surface area contributed by atoms with E-state index in [2.05, 4.69) is 21.5 Å². The predicted octanol–water partition coefficient (Wildman–Crippen LogP) is 0.666. The van der Waals surface area contributed by atoms with Gasteiger partial charge in [-0.1, -0.05) is 5.21 Å². The quantitative estimate of drug-likeness (QED) is 0.494. The number of nitrogens with one attached hydrogen (secondary N) is 1. The van der Waals surface area contributed by atoms with Gasteiger partial charge in [0.25, 0.3) is 5.69 Å². The minimum Gasteiger partial charge on any atom is -0.258 e. The minimum atomic E-state index is -0.520. The average molecular weight is 163 g/mol. The molecule has 1 N–H and O–H groups in total. The van der Waals surface area contributed by atoms with Crippen LogP contribution in [0.2, 0.25) is 0 Å². The number of hydrogen-bond acceptors (Lipinski definition) is 4. The maximum atomic E-state index is 10.3.